The first kappa shape index (κ1) is 15.4. The lowest BCUT2D eigenvalue weighted by Gasteiger charge is -2.11. The molecule has 0 aliphatic carbocycles. The average Bonchev–Trinajstić information content (AvgIpc) is 2.31. The molecule has 8 nitrogen and oxygen atoms in total. The van der Waals surface area contributed by atoms with Gasteiger partial charge in [-0.15, -0.1) is 0 Å². The van der Waals surface area contributed by atoms with Crippen LogP contribution in [0.2, 0.25) is 0 Å². The van der Waals surface area contributed by atoms with Crippen LogP contribution in [0.25, 0.3) is 10.4 Å². The van der Waals surface area contributed by atoms with E-state index >= 15 is 0 Å². The first-order valence-electron chi connectivity index (χ1n) is 4.88. The van der Waals surface area contributed by atoms with Crippen molar-refractivity contribution >= 4 is 5.97 Å². The monoisotopic (exact) mass is 245 g/mol. The fraction of sp³-hybridized carbons (Fsp3) is 0.667. The Morgan fingerprint density at radius 2 is 2.29 bits per heavy atom. The number of azide groups is 1. The largest absolute Gasteiger partial charge is 0.459 e. The maximum Gasteiger partial charge on any atom is 0.363 e. The van der Waals surface area contributed by atoms with Gasteiger partial charge in [0.05, 0.1) is 13.2 Å². The lowest BCUT2D eigenvalue weighted by molar-refractivity contribution is -0.182. The molecule has 0 spiro atoms. The molecule has 0 saturated heterocycles. The molecule has 1 unspecified atom stereocenters. The minimum absolute atomic E-state index is 0.0321. The lowest BCUT2D eigenvalue weighted by atomic mass is 10.5. The number of aliphatic hydroxyl groups excluding tert-OH is 1. The molecule has 0 aromatic rings. The van der Waals surface area contributed by atoms with Gasteiger partial charge >= 0.3 is 5.97 Å². The predicted octanol–water partition coefficient (Wildman–Crippen LogP) is 0.725. The molecule has 0 aliphatic heterocycles. The van der Waals surface area contributed by atoms with Gasteiger partial charge in [0, 0.05) is 17.2 Å². The fourth-order valence-electron chi connectivity index (χ4n) is 0.752. The quantitative estimate of drug-likeness (QED) is 0.160. The average molecular weight is 245 g/mol. The van der Waals surface area contributed by atoms with E-state index in [1.54, 1.807) is 6.92 Å². The van der Waals surface area contributed by atoms with Gasteiger partial charge in [0.25, 0.3) is 6.29 Å². The third kappa shape index (κ3) is 8.23. The van der Waals surface area contributed by atoms with Gasteiger partial charge in [0.15, 0.2) is 0 Å². The zero-order valence-corrected chi connectivity index (χ0v) is 9.53. The highest BCUT2D eigenvalue weighted by molar-refractivity contribution is 5.72. The summed E-state index contributed by atoms with van der Waals surface area (Å²) in [6, 6.07) is 0. The SMILES string of the molecule is C=C(COC(O)C(=O)OCCOCC)N=[N+]=[N-]. The van der Waals surface area contributed by atoms with E-state index in [1.807, 2.05) is 0 Å². The Kier molecular flexibility index (Phi) is 8.71. The third-order valence-corrected chi connectivity index (χ3v) is 1.47. The second-order valence-electron chi connectivity index (χ2n) is 2.78. The van der Waals surface area contributed by atoms with E-state index in [9.17, 15) is 9.90 Å². The number of nitrogens with zero attached hydrogens (tertiary/aromatic N) is 3. The Bertz CT molecular complexity index is 301. The lowest BCUT2D eigenvalue weighted by Crippen LogP contribution is -2.27. The number of carbonyl (C=O) groups is 1. The number of ether oxygens (including phenoxy) is 3. The Hall–Kier alpha value is -1.60. The van der Waals surface area contributed by atoms with Crippen molar-refractivity contribution in [1.29, 1.82) is 0 Å². The Morgan fingerprint density at radius 3 is 2.88 bits per heavy atom. The van der Waals surface area contributed by atoms with Crippen molar-refractivity contribution in [1.82, 2.24) is 0 Å². The maximum absolute atomic E-state index is 11.1. The number of hydrogen-bond donors (Lipinski definition) is 1. The number of aliphatic hydroxyl groups is 1. The number of hydrogen-bond acceptors (Lipinski definition) is 6. The topological polar surface area (TPSA) is 114 Å². The third-order valence-electron chi connectivity index (χ3n) is 1.47. The van der Waals surface area contributed by atoms with E-state index in [2.05, 4.69) is 26.1 Å². The molecule has 96 valence electrons. The summed E-state index contributed by atoms with van der Waals surface area (Å²) in [4.78, 5) is 13.6. The van der Waals surface area contributed by atoms with Crippen LogP contribution in [0.4, 0.5) is 0 Å². The molecule has 0 aromatic heterocycles. The van der Waals surface area contributed by atoms with Crippen molar-refractivity contribution < 1.29 is 24.1 Å². The van der Waals surface area contributed by atoms with E-state index < -0.39 is 12.3 Å². The van der Waals surface area contributed by atoms with E-state index in [0.717, 1.165) is 0 Å². The molecule has 0 aliphatic rings. The van der Waals surface area contributed by atoms with Crippen molar-refractivity contribution in [2.75, 3.05) is 26.4 Å². The van der Waals surface area contributed by atoms with Crippen LogP contribution in [0.15, 0.2) is 17.4 Å². The fourth-order valence-corrected chi connectivity index (χ4v) is 0.752. The smallest absolute Gasteiger partial charge is 0.363 e. The summed E-state index contributed by atoms with van der Waals surface area (Å²) in [5.74, 6) is -0.932. The van der Waals surface area contributed by atoms with Crippen LogP contribution in [0.3, 0.4) is 0 Å². The highest BCUT2D eigenvalue weighted by Crippen LogP contribution is 1.98. The standard InChI is InChI=1S/C9H15N3O5/c1-3-15-4-5-16-8(13)9(14)17-6-7(2)11-12-10/h9,14H,2-6H2,1H3. The molecule has 0 radical (unpaired) electrons. The molecule has 0 fully saturated rings. The second-order valence-corrected chi connectivity index (χ2v) is 2.78. The number of carbonyl (C=O) groups excluding carboxylic acids is 1. The van der Waals surface area contributed by atoms with Gasteiger partial charge in [-0.1, -0.05) is 11.7 Å². The Balaban J connectivity index is 3.74. The van der Waals surface area contributed by atoms with Crippen molar-refractivity contribution in [2.45, 2.75) is 13.2 Å². The highest BCUT2D eigenvalue weighted by Gasteiger charge is 2.17. The Labute approximate surface area is 98.4 Å². The van der Waals surface area contributed by atoms with Gasteiger partial charge in [-0.25, -0.2) is 4.79 Å². The zero-order valence-electron chi connectivity index (χ0n) is 9.53. The molecule has 0 rings (SSSR count). The summed E-state index contributed by atoms with van der Waals surface area (Å²) in [5, 5.41) is 12.3. The summed E-state index contributed by atoms with van der Waals surface area (Å²) in [6.45, 7) is 5.68. The number of esters is 1. The minimum Gasteiger partial charge on any atom is -0.459 e. The van der Waals surface area contributed by atoms with Crippen LogP contribution in [-0.2, 0) is 19.0 Å². The molecule has 0 aromatic carbocycles. The number of rotatable bonds is 9. The van der Waals surface area contributed by atoms with Crippen LogP contribution in [0, 0.1) is 0 Å². The molecule has 0 amide bonds. The van der Waals surface area contributed by atoms with Gasteiger partial charge in [-0.3, -0.25) is 0 Å². The first-order chi connectivity index (χ1) is 8.11. The van der Waals surface area contributed by atoms with E-state index in [1.165, 1.54) is 0 Å². The van der Waals surface area contributed by atoms with Crippen LogP contribution in [-0.4, -0.2) is 43.8 Å². The van der Waals surface area contributed by atoms with Gasteiger partial charge in [-0.05, 0) is 12.5 Å². The maximum atomic E-state index is 11.1. The van der Waals surface area contributed by atoms with Crippen molar-refractivity contribution in [3.8, 4) is 0 Å². The molecule has 0 saturated carbocycles. The van der Waals surface area contributed by atoms with Gasteiger partial charge in [0.1, 0.15) is 6.61 Å². The van der Waals surface area contributed by atoms with Crippen LogP contribution in [0.5, 0.6) is 0 Å². The van der Waals surface area contributed by atoms with Gasteiger partial charge < -0.3 is 19.3 Å². The summed E-state index contributed by atoms with van der Waals surface area (Å²) in [7, 11) is 0. The van der Waals surface area contributed by atoms with Crippen LogP contribution >= 0.6 is 0 Å². The van der Waals surface area contributed by atoms with Crippen LogP contribution in [0.1, 0.15) is 6.92 Å². The molecule has 0 bridgehead atoms. The molecule has 8 heteroatoms. The molecule has 17 heavy (non-hydrogen) atoms. The summed E-state index contributed by atoms with van der Waals surface area (Å²) < 4.78 is 14.2. The molecule has 1 atom stereocenters. The second kappa shape index (κ2) is 9.61. The highest BCUT2D eigenvalue weighted by atomic mass is 16.7. The van der Waals surface area contributed by atoms with E-state index in [4.69, 9.17) is 10.3 Å². The normalized spacial score (nSPS) is 11.4. The predicted molar refractivity (Wildman–Crippen MR) is 57.7 cm³/mol. The van der Waals surface area contributed by atoms with Gasteiger partial charge in [-0.2, -0.15) is 0 Å². The van der Waals surface area contributed by atoms with Crippen LogP contribution < -0.4 is 0 Å². The van der Waals surface area contributed by atoms with E-state index in [-0.39, 0.29) is 25.5 Å². The summed E-state index contributed by atoms with van der Waals surface area (Å²) in [6.07, 6.45) is -1.73. The van der Waals surface area contributed by atoms with Crippen molar-refractivity contribution in [2.24, 2.45) is 5.11 Å². The van der Waals surface area contributed by atoms with Gasteiger partial charge in [0.2, 0.25) is 0 Å². The Morgan fingerprint density at radius 1 is 1.59 bits per heavy atom. The molecular weight excluding hydrogens is 230 g/mol. The first-order valence-corrected chi connectivity index (χ1v) is 4.88. The summed E-state index contributed by atoms with van der Waals surface area (Å²) >= 11 is 0. The van der Waals surface area contributed by atoms with Crippen molar-refractivity contribution in [3.63, 3.8) is 0 Å². The molecule has 0 heterocycles. The zero-order chi connectivity index (χ0) is 13.1. The summed E-state index contributed by atoms with van der Waals surface area (Å²) in [5.41, 5.74) is 8.10. The minimum atomic E-state index is -1.73. The molecular formula is C9H15N3O5. The molecule has 1 N–H and O–H groups in total. The van der Waals surface area contributed by atoms with Crippen molar-refractivity contribution in [3.05, 3.63) is 22.7 Å². The van der Waals surface area contributed by atoms with E-state index in [0.29, 0.717) is 6.61 Å².